The Kier molecular flexibility index (Phi) is 4.72. The Hall–Kier alpha value is -3.00. The smallest absolute Gasteiger partial charge is 0.229 e. The average molecular weight is 365 g/mol. The highest BCUT2D eigenvalue weighted by Crippen LogP contribution is 2.29. The molecule has 3 N–H and O–H groups in total. The molecule has 0 saturated carbocycles. The molecule has 0 amide bonds. The first-order valence-electron chi connectivity index (χ1n) is 9.07. The SMILES string of the molecule is Cc1c/c(=N/C=N)[nH]cc1Nc1ncc2c(C)cn(C3CCOCC3)c2n1. The number of hydrogen-bond donors (Lipinski definition) is 3. The molecule has 0 aliphatic carbocycles. The first kappa shape index (κ1) is 17.4. The zero-order valence-corrected chi connectivity index (χ0v) is 15.5. The number of rotatable bonds is 4. The van der Waals surface area contributed by atoms with E-state index in [1.807, 2.05) is 25.4 Å². The van der Waals surface area contributed by atoms with Gasteiger partial charge in [0.2, 0.25) is 5.95 Å². The van der Waals surface area contributed by atoms with Crippen LogP contribution in [0.2, 0.25) is 0 Å². The molecule has 3 aromatic heterocycles. The second-order valence-electron chi connectivity index (χ2n) is 6.79. The van der Waals surface area contributed by atoms with Gasteiger partial charge in [0, 0.05) is 43.2 Å². The third-order valence-electron chi connectivity index (χ3n) is 4.95. The van der Waals surface area contributed by atoms with Gasteiger partial charge in [0.05, 0.1) is 5.69 Å². The van der Waals surface area contributed by atoms with E-state index in [1.54, 1.807) is 0 Å². The first-order chi connectivity index (χ1) is 13.2. The Morgan fingerprint density at radius 2 is 2.15 bits per heavy atom. The van der Waals surface area contributed by atoms with Crippen molar-refractivity contribution < 1.29 is 4.74 Å². The number of aryl methyl sites for hydroxylation is 2. The third kappa shape index (κ3) is 3.48. The molecular weight excluding hydrogens is 342 g/mol. The fraction of sp³-hybridized carbons (Fsp3) is 0.368. The Morgan fingerprint density at radius 1 is 1.33 bits per heavy atom. The van der Waals surface area contributed by atoms with Crippen LogP contribution in [0.5, 0.6) is 0 Å². The van der Waals surface area contributed by atoms with E-state index in [1.165, 1.54) is 5.56 Å². The van der Waals surface area contributed by atoms with E-state index in [-0.39, 0.29) is 0 Å². The summed E-state index contributed by atoms with van der Waals surface area (Å²) in [5.41, 5.74) is 4.64. The van der Waals surface area contributed by atoms with Crippen molar-refractivity contribution in [3.8, 4) is 0 Å². The van der Waals surface area contributed by atoms with Gasteiger partial charge in [-0.2, -0.15) is 4.98 Å². The summed E-state index contributed by atoms with van der Waals surface area (Å²) in [6, 6.07) is 2.29. The van der Waals surface area contributed by atoms with Crippen molar-refractivity contribution in [1.29, 1.82) is 5.41 Å². The number of H-pyrrole nitrogens is 1. The highest BCUT2D eigenvalue weighted by molar-refractivity contribution is 5.81. The normalized spacial score (nSPS) is 16.0. The summed E-state index contributed by atoms with van der Waals surface area (Å²) >= 11 is 0. The molecular formula is C19H23N7O. The summed E-state index contributed by atoms with van der Waals surface area (Å²) in [7, 11) is 0. The van der Waals surface area contributed by atoms with Gasteiger partial charge in [-0.3, -0.25) is 5.41 Å². The number of anilines is 2. The van der Waals surface area contributed by atoms with Crippen molar-refractivity contribution in [3.05, 3.63) is 41.3 Å². The van der Waals surface area contributed by atoms with E-state index >= 15 is 0 Å². The Balaban J connectivity index is 1.69. The van der Waals surface area contributed by atoms with Crippen LogP contribution in [0.25, 0.3) is 11.0 Å². The molecule has 0 bridgehead atoms. The molecule has 4 heterocycles. The molecule has 3 aromatic rings. The van der Waals surface area contributed by atoms with Crippen molar-refractivity contribution in [1.82, 2.24) is 19.5 Å². The zero-order chi connectivity index (χ0) is 18.8. The van der Waals surface area contributed by atoms with Crippen molar-refractivity contribution in [2.75, 3.05) is 18.5 Å². The molecule has 0 unspecified atom stereocenters. The predicted molar refractivity (Wildman–Crippen MR) is 105 cm³/mol. The Labute approximate surface area is 156 Å². The molecule has 27 heavy (non-hydrogen) atoms. The maximum absolute atomic E-state index is 7.07. The minimum Gasteiger partial charge on any atom is -0.381 e. The highest BCUT2D eigenvalue weighted by atomic mass is 16.5. The van der Waals surface area contributed by atoms with Crippen LogP contribution in [0, 0.1) is 19.3 Å². The van der Waals surface area contributed by atoms with E-state index in [9.17, 15) is 0 Å². The minimum atomic E-state index is 0.412. The maximum atomic E-state index is 7.07. The van der Waals surface area contributed by atoms with Crippen LogP contribution in [0.1, 0.15) is 30.0 Å². The maximum Gasteiger partial charge on any atom is 0.229 e. The van der Waals surface area contributed by atoms with Gasteiger partial charge >= 0.3 is 0 Å². The number of pyridine rings is 1. The second-order valence-corrected chi connectivity index (χ2v) is 6.79. The average Bonchev–Trinajstić information content (AvgIpc) is 3.01. The molecule has 0 radical (unpaired) electrons. The second kappa shape index (κ2) is 7.32. The van der Waals surface area contributed by atoms with Crippen molar-refractivity contribution in [2.24, 2.45) is 4.99 Å². The van der Waals surface area contributed by atoms with Crippen LogP contribution in [-0.4, -0.2) is 39.1 Å². The molecule has 1 fully saturated rings. The van der Waals surface area contributed by atoms with E-state index in [4.69, 9.17) is 15.1 Å². The number of nitrogens with zero attached hydrogens (tertiary/aromatic N) is 4. The van der Waals surface area contributed by atoms with E-state index in [0.717, 1.165) is 54.7 Å². The van der Waals surface area contributed by atoms with Crippen molar-refractivity contribution >= 4 is 29.0 Å². The summed E-state index contributed by atoms with van der Waals surface area (Å²) < 4.78 is 7.77. The minimum absolute atomic E-state index is 0.412. The molecule has 8 heteroatoms. The topological polar surface area (TPSA) is 104 Å². The lowest BCUT2D eigenvalue weighted by atomic mass is 10.1. The number of aromatic amines is 1. The summed E-state index contributed by atoms with van der Waals surface area (Å²) in [5, 5.41) is 11.4. The van der Waals surface area contributed by atoms with Gasteiger partial charge in [0.1, 0.15) is 17.5 Å². The quantitative estimate of drug-likeness (QED) is 0.488. The van der Waals surface area contributed by atoms with Gasteiger partial charge < -0.3 is 19.6 Å². The lowest BCUT2D eigenvalue weighted by Gasteiger charge is -2.24. The number of hydrogen-bond acceptors (Lipinski definition) is 5. The molecule has 1 aliphatic heterocycles. The number of fused-ring (bicyclic) bond motifs is 1. The standard InChI is InChI=1S/C19H23N7O/c1-12-7-17(23-11-20)21-9-16(12)24-19-22-8-15-13(2)10-26(18(15)25-19)14-3-5-27-6-4-14/h7-11,14H,3-6H2,1-2H3,(H2,20,21,23)(H,22,24,25). The molecule has 0 aromatic carbocycles. The predicted octanol–water partition coefficient (Wildman–Crippen LogP) is 2.98. The Morgan fingerprint density at radius 3 is 2.89 bits per heavy atom. The van der Waals surface area contributed by atoms with Gasteiger partial charge in [-0.1, -0.05) is 0 Å². The zero-order valence-electron chi connectivity index (χ0n) is 15.5. The van der Waals surface area contributed by atoms with Crippen LogP contribution in [0.15, 0.2) is 29.6 Å². The molecule has 140 valence electrons. The van der Waals surface area contributed by atoms with Crippen LogP contribution in [-0.2, 0) is 4.74 Å². The van der Waals surface area contributed by atoms with Crippen LogP contribution >= 0.6 is 0 Å². The highest BCUT2D eigenvalue weighted by Gasteiger charge is 2.19. The molecule has 8 nitrogen and oxygen atoms in total. The molecule has 0 spiro atoms. The van der Waals surface area contributed by atoms with E-state index in [0.29, 0.717) is 17.5 Å². The largest absolute Gasteiger partial charge is 0.381 e. The van der Waals surface area contributed by atoms with Gasteiger partial charge in [-0.05, 0) is 43.9 Å². The fourth-order valence-corrected chi connectivity index (χ4v) is 3.47. The van der Waals surface area contributed by atoms with Gasteiger partial charge in [0.25, 0.3) is 0 Å². The van der Waals surface area contributed by atoms with Gasteiger partial charge in [-0.15, -0.1) is 0 Å². The summed E-state index contributed by atoms with van der Waals surface area (Å²) in [6.07, 6.45) is 8.89. The monoisotopic (exact) mass is 365 g/mol. The first-order valence-corrected chi connectivity index (χ1v) is 9.07. The van der Waals surface area contributed by atoms with Gasteiger partial charge in [-0.25, -0.2) is 9.98 Å². The molecule has 4 rings (SSSR count). The lowest BCUT2D eigenvalue weighted by molar-refractivity contribution is 0.0706. The van der Waals surface area contributed by atoms with Crippen LogP contribution < -0.4 is 10.8 Å². The van der Waals surface area contributed by atoms with Crippen LogP contribution in [0.3, 0.4) is 0 Å². The van der Waals surface area contributed by atoms with Crippen LogP contribution in [0.4, 0.5) is 11.6 Å². The summed E-state index contributed by atoms with van der Waals surface area (Å²) in [4.78, 5) is 16.3. The molecule has 1 aliphatic rings. The van der Waals surface area contributed by atoms with Gasteiger partial charge in [0.15, 0.2) is 0 Å². The van der Waals surface area contributed by atoms with Crippen molar-refractivity contribution in [3.63, 3.8) is 0 Å². The lowest BCUT2D eigenvalue weighted by Crippen LogP contribution is -2.19. The summed E-state index contributed by atoms with van der Waals surface area (Å²) in [6.45, 7) is 5.66. The molecule has 1 saturated heterocycles. The number of nitrogens with one attached hydrogen (secondary N) is 3. The third-order valence-corrected chi connectivity index (χ3v) is 4.95. The summed E-state index contributed by atoms with van der Waals surface area (Å²) in [5.74, 6) is 0.558. The number of aromatic nitrogens is 4. The fourth-order valence-electron chi connectivity index (χ4n) is 3.47. The molecule has 0 atom stereocenters. The van der Waals surface area contributed by atoms with E-state index in [2.05, 4.69) is 38.0 Å². The van der Waals surface area contributed by atoms with Crippen molar-refractivity contribution in [2.45, 2.75) is 32.7 Å². The van der Waals surface area contributed by atoms with E-state index < -0.39 is 0 Å². The number of ether oxygens (including phenoxy) is 1. The Bertz CT molecular complexity index is 1040.